The molecule has 0 unspecified atom stereocenters. The summed E-state index contributed by atoms with van der Waals surface area (Å²) in [6, 6.07) is 7.85. The number of nitrogens with zero attached hydrogens (tertiary/aromatic N) is 5. The van der Waals surface area contributed by atoms with Gasteiger partial charge in [-0.05, 0) is 28.1 Å². The fraction of sp³-hybridized carbons (Fsp3) is 0. The molecule has 0 saturated carbocycles. The number of fused-ring (bicyclic) bond motifs is 3. The molecule has 0 aliphatic heterocycles. The van der Waals surface area contributed by atoms with Crippen LogP contribution in [0.5, 0.6) is 0 Å². The molecule has 0 saturated heterocycles. The summed E-state index contributed by atoms with van der Waals surface area (Å²) in [5, 5.41) is 12.2. The minimum Gasteiger partial charge on any atom is -0.273 e. The molecule has 0 aliphatic rings. The molecule has 3 heterocycles. The van der Waals surface area contributed by atoms with Crippen LogP contribution in [-0.4, -0.2) is 29.8 Å². The van der Waals surface area contributed by atoms with Crippen molar-refractivity contribution in [1.29, 1.82) is 0 Å². The van der Waals surface area contributed by atoms with Crippen LogP contribution in [-0.2, 0) is 0 Å². The van der Waals surface area contributed by atoms with Gasteiger partial charge in [0.25, 0.3) is 0 Å². The second-order valence-electron chi connectivity index (χ2n) is 4.06. The Hall–Kier alpha value is -2.28. The molecule has 4 rings (SSSR count). The summed E-state index contributed by atoms with van der Waals surface area (Å²) in [5.74, 6) is 0.586. The van der Waals surface area contributed by atoms with Gasteiger partial charge in [0, 0.05) is 5.39 Å². The monoisotopic (exact) mass is 314 g/mol. The lowest BCUT2D eigenvalue weighted by molar-refractivity contribution is 0.933. The summed E-state index contributed by atoms with van der Waals surface area (Å²) in [5.41, 5.74) is 2.44. The molecule has 19 heavy (non-hydrogen) atoms. The minimum atomic E-state index is 0.586. The highest BCUT2D eigenvalue weighted by atomic mass is 79.9. The molecule has 0 amide bonds. The molecule has 7 heteroatoms. The maximum atomic E-state index is 4.55. The van der Waals surface area contributed by atoms with Gasteiger partial charge < -0.3 is 0 Å². The number of benzene rings is 1. The SMILES string of the molecule is Brc1cn[nH]c1-c1nc2c3ccccc3ncn2n1. The van der Waals surface area contributed by atoms with E-state index in [0.29, 0.717) is 5.82 Å². The number of aromatic amines is 1. The summed E-state index contributed by atoms with van der Waals surface area (Å²) < 4.78 is 2.51. The van der Waals surface area contributed by atoms with Crippen LogP contribution in [0.15, 0.2) is 41.3 Å². The maximum absolute atomic E-state index is 4.55. The van der Waals surface area contributed by atoms with E-state index < -0.39 is 0 Å². The molecular weight excluding hydrogens is 308 g/mol. The van der Waals surface area contributed by atoms with Crippen molar-refractivity contribution in [2.24, 2.45) is 0 Å². The van der Waals surface area contributed by atoms with Crippen molar-refractivity contribution in [2.45, 2.75) is 0 Å². The van der Waals surface area contributed by atoms with E-state index in [0.717, 1.165) is 26.7 Å². The average molecular weight is 315 g/mol. The lowest BCUT2D eigenvalue weighted by atomic mass is 10.2. The Morgan fingerprint density at radius 3 is 2.95 bits per heavy atom. The second kappa shape index (κ2) is 3.86. The van der Waals surface area contributed by atoms with E-state index in [1.165, 1.54) is 0 Å². The second-order valence-corrected chi connectivity index (χ2v) is 4.91. The maximum Gasteiger partial charge on any atom is 0.201 e. The normalized spacial score (nSPS) is 11.4. The highest BCUT2D eigenvalue weighted by Gasteiger charge is 2.13. The van der Waals surface area contributed by atoms with E-state index in [2.05, 4.69) is 41.2 Å². The Labute approximate surface area is 115 Å². The van der Waals surface area contributed by atoms with Crippen molar-refractivity contribution in [3.8, 4) is 11.5 Å². The van der Waals surface area contributed by atoms with Gasteiger partial charge in [-0.15, -0.1) is 5.10 Å². The highest BCUT2D eigenvalue weighted by molar-refractivity contribution is 9.10. The topological polar surface area (TPSA) is 71.8 Å². The largest absolute Gasteiger partial charge is 0.273 e. The van der Waals surface area contributed by atoms with Gasteiger partial charge >= 0.3 is 0 Å². The fourth-order valence-corrected chi connectivity index (χ4v) is 2.38. The van der Waals surface area contributed by atoms with Crippen molar-refractivity contribution in [3.63, 3.8) is 0 Å². The predicted octanol–water partition coefficient (Wildman–Crippen LogP) is 2.43. The van der Waals surface area contributed by atoms with Gasteiger partial charge in [0.1, 0.15) is 12.0 Å². The summed E-state index contributed by atoms with van der Waals surface area (Å²) in [4.78, 5) is 8.90. The number of aromatic nitrogens is 6. The molecule has 3 aromatic heterocycles. The molecule has 0 bridgehead atoms. The van der Waals surface area contributed by atoms with Gasteiger partial charge in [-0.1, -0.05) is 12.1 Å². The molecule has 0 fully saturated rings. The van der Waals surface area contributed by atoms with Gasteiger partial charge in [0.05, 0.1) is 16.2 Å². The third-order valence-corrected chi connectivity index (χ3v) is 3.50. The molecular formula is C12H7BrN6. The number of hydrogen-bond donors (Lipinski definition) is 1. The van der Waals surface area contributed by atoms with Gasteiger partial charge in [0.2, 0.25) is 5.82 Å². The summed E-state index contributed by atoms with van der Waals surface area (Å²) >= 11 is 3.41. The minimum absolute atomic E-state index is 0.586. The molecule has 92 valence electrons. The molecule has 1 N–H and O–H groups in total. The first-order valence-electron chi connectivity index (χ1n) is 5.62. The fourth-order valence-electron chi connectivity index (χ4n) is 2.01. The van der Waals surface area contributed by atoms with Crippen LogP contribution in [0.2, 0.25) is 0 Å². The zero-order valence-electron chi connectivity index (χ0n) is 9.58. The van der Waals surface area contributed by atoms with Crippen LogP contribution in [0, 0.1) is 0 Å². The highest BCUT2D eigenvalue weighted by Crippen LogP contribution is 2.24. The van der Waals surface area contributed by atoms with Gasteiger partial charge in [-0.3, -0.25) is 5.10 Å². The zero-order valence-corrected chi connectivity index (χ0v) is 11.2. The van der Waals surface area contributed by atoms with Crippen LogP contribution in [0.25, 0.3) is 28.1 Å². The van der Waals surface area contributed by atoms with Crippen molar-refractivity contribution in [2.75, 3.05) is 0 Å². The van der Waals surface area contributed by atoms with Crippen LogP contribution in [0.3, 0.4) is 0 Å². The van der Waals surface area contributed by atoms with Gasteiger partial charge in [-0.2, -0.15) is 5.10 Å². The molecule has 0 aliphatic carbocycles. The summed E-state index contributed by atoms with van der Waals surface area (Å²) in [6.07, 6.45) is 3.34. The molecule has 0 atom stereocenters. The zero-order chi connectivity index (χ0) is 12.8. The first-order valence-corrected chi connectivity index (χ1v) is 6.41. The van der Waals surface area contributed by atoms with Crippen molar-refractivity contribution < 1.29 is 0 Å². The average Bonchev–Trinajstić information content (AvgIpc) is 3.04. The smallest absolute Gasteiger partial charge is 0.201 e. The summed E-state index contributed by atoms with van der Waals surface area (Å²) in [6.45, 7) is 0. The number of halogens is 1. The van der Waals surface area contributed by atoms with E-state index in [-0.39, 0.29) is 0 Å². The van der Waals surface area contributed by atoms with Gasteiger partial charge in [-0.25, -0.2) is 14.5 Å². The lowest BCUT2D eigenvalue weighted by Gasteiger charge is -1.96. The Morgan fingerprint density at radius 2 is 2.11 bits per heavy atom. The van der Waals surface area contributed by atoms with E-state index in [1.54, 1.807) is 17.0 Å². The molecule has 6 nitrogen and oxygen atoms in total. The molecule has 1 aromatic carbocycles. The lowest BCUT2D eigenvalue weighted by Crippen LogP contribution is -1.90. The third kappa shape index (κ3) is 1.55. The van der Waals surface area contributed by atoms with E-state index in [1.807, 2.05) is 24.3 Å². The molecule has 0 spiro atoms. The van der Waals surface area contributed by atoms with Crippen LogP contribution < -0.4 is 0 Å². The van der Waals surface area contributed by atoms with Crippen molar-refractivity contribution >= 4 is 32.5 Å². The third-order valence-electron chi connectivity index (χ3n) is 2.90. The van der Waals surface area contributed by atoms with Crippen LogP contribution in [0.4, 0.5) is 0 Å². The first kappa shape index (κ1) is 10.6. The van der Waals surface area contributed by atoms with E-state index in [9.17, 15) is 0 Å². The van der Waals surface area contributed by atoms with Crippen molar-refractivity contribution in [1.82, 2.24) is 29.8 Å². The van der Waals surface area contributed by atoms with Crippen LogP contribution in [0.1, 0.15) is 0 Å². The Balaban J connectivity index is 2.06. The standard InChI is InChI=1S/C12H7BrN6/c13-8-5-15-17-10(8)11-16-12-7-3-1-2-4-9(7)14-6-19(12)18-11/h1-6H,(H,15,17). The van der Waals surface area contributed by atoms with Gasteiger partial charge in [0.15, 0.2) is 5.65 Å². The number of hydrogen-bond acceptors (Lipinski definition) is 4. The number of rotatable bonds is 1. The van der Waals surface area contributed by atoms with E-state index in [4.69, 9.17) is 0 Å². The number of nitrogens with one attached hydrogen (secondary N) is 1. The molecule has 0 radical (unpaired) electrons. The first-order chi connectivity index (χ1) is 9.33. The quantitative estimate of drug-likeness (QED) is 0.585. The Bertz CT molecular complexity index is 893. The molecule has 4 aromatic rings. The predicted molar refractivity (Wildman–Crippen MR) is 73.6 cm³/mol. The van der Waals surface area contributed by atoms with E-state index >= 15 is 0 Å². The Kier molecular flexibility index (Phi) is 2.16. The number of H-pyrrole nitrogens is 1. The summed E-state index contributed by atoms with van der Waals surface area (Å²) in [7, 11) is 0. The Morgan fingerprint density at radius 1 is 1.21 bits per heavy atom. The number of para-hydroxylation sites is 1. The van der Waals surface area contributed by atoms with Crippen molar-refractivity contribution in [3.05, 3.63) is 41.3 Å². The van der Waals surface area contributed by atoms with Crippen LogP contribution >= 0.6 is 15.9 Å².